The van der Waals surface area contributed by atoms with E-state index in [9.17, 15) is 5.11 Å². The zero-order valence-electron chi connectivity index (χ0n) is 18.4. The molecule has 1 aliphatic heterocycles. The lowest BCUT2D eigenvalue weighted by atomic mass is 9.68. The van der Waals surface area contributed by atoms with E-state index in [0.717, 1.165) is 36.0 Å². The Labute approximate surface area is 182 Å². The number of aliphatic hydroxyl groups is 1. The molecule has 2 aromatic rings. The highest BCUT2D eigenvalue weighted by molar-refractivity contribution is 5.35. The Balaban J connectivity index is 1.62. The minimum Gasteiger partial charge on any atom is -0.373 e. The Kier molecular flexibility index (Phi) is 6.32. The lowest BCUT2D eigenvalue weighted by Gasteiger charge is -2.41. The van der Waals surface area contributed by atoms with Crippen LogP contribution in [0.15, 0.2) is 60.7 Å². The maximum Gasteiger partial charge on any atom is 0.156 e. The Morgan fingerprint density at radius 3 is 2.10 bits per heavy atom. The zero-order chi connectivity index (χ0) is 20.9. The molecule has 1 saturated heterocycles. The third-order valence-electron chi connectivity index (χ3n) is 7.58. The average Bonchev–Trinajstić information content (AvgIpc) is 3.24. The Morgan fingerprint density at radius 2 is 1.47 bits per heavy atom. The summed E-state index contributed by atoms with van der Waals surface area (Å²) in [6.45, 7) is 6.46. The van der Waals surface area contributed by atoms with Gasteiger partial charge in [0.2, 0.25) is 0 Å². The van der Waals surface area contributed by atoms with Gasteiger partial charge >= 0.3 is 0 Å². The third-order valence-corrected chi connectivity index (χ3v) is 7.58. The number of nitrogens with zero attached hydrogens (tertiary/aromatic N) is 1. The highest BCUT2D eigenvalue weighted by Crippen LogP contribution is 2.50. The Hall–Kier alpha value is -2.08. The standard InChI is InChI=1S/C28H36NO/c1-27(18-9-10-19-27)28(30,26-16-7-3-8-17-26)20-13-23-29(21-11-4-12-22-29)24-25-14-5-2-6-15-25/h2-3,5-8,14-17,30H,4,9-12,18-19,21-24H2,1H3/q+1. The first-order valence-electron chi connectivity index (χ1n) is 11.7. The second kappa shape index (κ2) is 8.96. The van der Waals surface area contributed by atoms with Crippen molar-refractivity contribution in [2.45, 2.75) is 64.0 Å². The van der Waals surface area contributed by atoms with Crippen molar-refractivity contribution in [3.05, 3.63) is 71.8 Å². The van der Waals surface area contributed by atoms with Crippen LogP contribution in [0.1, 0.15) is 63.0 Å². The van der Waals surface area contributed by atoms with Crippen molar-refractivity contribution >= 4 is 0 Å². The van der Waals surface area contributed by atoms with Gasteiger partial charge < -0.3 is 9.59 Å². The van der Waals surface area contributed by atoms with Crippen molar-refractivity contribution in [2.75, 3.05) is 19.6 Å². The first-order chi connectivity index (χ1) is 14.6. The van der Waals surface area contributed by atoms with Crippen LogP contribution in [0.3, 0.4) is 0 Å². The van der Waals surface area contributed by atoms with Gasteiger partial charge in [-0.05, 0) is 43.6 Å². The number of likely N-dealkylation sites (tertiary alicyclic amines) is 1. The predicted octanol–water partition coefficient (Wildman–Crippen LogP) is 5.66. The van der Waals surface area contributed by atoms with Crippen molar-refractivity contribution in [1.82, 2.24) is 0 Å². The molecule has 1 saturated carbocycles. The molecule has 2 aliphatic rings. The molecule has 0 aromatic heterocycles. The quantitative estimate of drug-likeness (QED) is 0.505. The molecule has 0 spiro atoms. The van der Waals surface area contributed by atoms with Crippen LogP contribution in [0.5, 0.6) is 0 Å². The first kappa shape index (κ1) is 21.2. The minimum atomic E-state index is -1.07. The van der Waals surface area contributed by atoms with Gasteiger partial charge in [0.1, 0.15) is 13.1 Å². The van der Waals surface area contributed by atoms with Crippen molar-refractivity contribution < 1.29 is 9.59 Å². The van der Waals surface area contributed by atoms with Gasteiger partial charge in [-0.3, -0.25) is 0 Å². The second-order valence-corrected chi connectivity index (χ2v) is 9.80. The summed E-state index contributed by atoms with van der Waals surface area (Å²) in [5.74, 6) is 6.97. The van der Waals surface area contributed by atoms with Gasteiger partial charge in [0.15, 0.2) is 5.60 Å². The molecule has 1 N–H and O–H groups in total. The predicted molar refractivity (Wildman–Crippen MR) is 124 cm³/mol. The average molecular weight is 403 g/mol. The molecular weight excluding hydrogens is 366 g/mol. The van der Waals surface area contributed by atoms with Crippen LogP contribution in [-0.2, 0) is 12.1 Å². The van der Waals surface area contributed by atoms with Crippen LogP contribution in [-0.4, -0.2) is 29.2 Å². The molecule has 1 heterocycles. The van der Waals surface area contributed by atoms with Gasteiger partial charge in [-0.25, -0.2) is 0 Å². The molecule has 2 heteroatoms. The summed E-state index contributed by atoms with van der Waals surface area (Å²) in [7, 11) is 0. The molecule has 4 rings (SSSR count). The maximum atomic E-state index is 12.0. The summed E-state index contributed by atoms with van der Waals surface area (Å²) in [6.07, 6.45) is 8.31. The molecule has 158 valence electrons. The van der Waals surface area contributed by atoms with E-state index >= 15 is 0 Å². The smallest absolute Gasteiger partial charge is 0.156 e. The summed E-state index contributed by atoms with van der Waals surface area (Å²) in [6, 6.07) is 21.0. The second-order valence-electron chi connectivity index (χ2n) is 9.80. The highest BCUT2D eigenvalue weighted by atomic mass is 16.3. The normalized spacial score (nSPS) is 21.9. The van der Waals surface area contributed by atoms with Crippen LogP contribution in [0.4, 0.5) is 0 Å². The fourth-order valence-electron chi connectivity index (χ4n) is 5.63. The van der Waals surface area contributed by atoms with E-state index in [1.54, 1.807) is 0 Å². The lowest BCUT2D eigenvalue weighted by molar-refractivity contribution is -0.938. The number of piperidine rings is 1. The van der Waals surface area contributed by atoms with Gasteiger partial charge in [0.25, 0.3) is 0 Å². The molecule has 30 heavy (non-hydrogen) atoms. The van der Waals surface area contributed by atoms with E-state index in [1.807, 2.05) is 30.3 Å². The van der Waals surface area contributed by atoms with Crippen molar-refractivity contribution in [1.29, 1.82) is 0 Å². The Bertz CT molecular complexity index is 867. The first-order valence-corrected chi connectivity index (χ1v) is 11.7. The molecular formula is C28H36NO+. The number of benzene rings is 2. The van der Waals surface area contributed by atoms with E-state index in [1.165, 1.54) is 50.8 Å². The molecule has 0 bridgehead atoms. The van der Waals surface area contributed by atoms with E-state index in [2.05, 4.69) is 49.1 Å². The SMILES string of the molecule is CC1(C(O)(C#CC[N+]2(Cc3ccccc3)CCCCC2)c2ccccc2)CCCC1. The van der Waals surface area contributed by atoms with Gasteiger partial charge in [-0.1, -0.05) is 86.3 Å². The third kappa shape index (κ3) is 4.34. The fraction of sp³-hybridized carbons (Fsp3) is 0.500. The van der Waals surface area contributed by atoms with Gasteiger partial charge in [0.05, 0.1) is 13.1 Å². The monoisotopic (exact) mass is 402 g/mol. The molecule has 1 unspecified atom stereocenters. The maximum absolute atomic E-state index is 12.0. The molecule has 1 atom stereocenters. The molecule has 0 amide bonds. The minimum absolute atomic E-state index is 0.173. The van der Waals surface area contributed by atoms with E-state index in [-0.39, 0.29) is 5.41 Å². The highest BCUT2D eigenvalue weighted by Gasteiger charge is 2.48. The molecule has 0 radical (unpaired) electrons. The topological polar surface area (TPSA) is 20.2 Å². The van der Waals surface area contributed by atoms with E-state index in [4.69, 9.17) is 0 Å². The van der Waals surface area contributed by atoms with E-state index in [0.29, 0.717) is 0 Å². The van der Waals surface area contributed by atoms with Crippen molar-refractivity contribution in [3.8, 4) is 11.8 Å². The summed E-state index contributed by atoms with van der Waals surface area (Å²) < 4.78 is 1.03. The van der Waals surface area contributed by atoms with Gasteiger partial charge in [-0.15, -0.1) is 0 Å². The van der Waals surface area contributed by atoms with Crippen molar-refractivity contribution in [2.24, 2.45) is 5.41 Å². The Morgan fingerprint density at radius 1 is 0.867 bits per heavy atom. The van der Waals surface area contributed by atoms with Crippen LogP contribution in [0, 0.1) is 17.3 Å². The van der Waals surface area contributed by atoms with Gasteiger partial charge in [-0.2, -0.15) is 0 Å². The summed E-state index contributed by atoms with van der Waals surface area (Å²) in [5.41, 5.74) is 1.10. The summed E-state index contributed by atoms with van der Waals surface area (Å²) in [4.78, 5) is 0. The number of hydrogen-bond acceptors (Lipinski definition) is 1. The number of quaternary nitrogens is 1. The molecule has 1 aliphatic carbocycles. The van der Waals surface area contributed by atoms with Crippen LogP contribution >= 0.6 is 0 Å². The summed E-state index contributed by atoms with van der Waals surface area (Å²) >= 11 is 0. The largest absolute Gasteiger partial charge is 0.373 e. The lowest BCUT2D eigenvalue weighted by Crippen LogP contribution is -2.51. The fourth-order valence-corrected chi connectivity index (χ4v) is 5.63. The number of rotatable bonds is 5. The van der Waals surface area contributed by atoms with Crippen LogP contribution in [0.2, 0.25) is 0 Å². The van der Waals surface area contributed by atoms with Crippen LogP contribution in [0.25, 0.3) is 0 Å². The van der Waals surface area contributed by atoms with Crippen LogP contribution < -0.4 is 0 Å². The molecule has 2 fully saturated rings. The molecule has 2 nitrogen and oxygen atoms in total. The van der Waals surface area contributed by atoms with Gasteiger partial charge in [0, 0.05) is 11.0 Å². The summed E-state index contributed by atoms with van der Waals surface area (Å²) in [5, 5.41) is 12.0. The van der Waals surface area contributed by atoms with Crippen molar-refractivity contribution in [3.63, 3.8) is 0 Å². The zero-order valence-corrected chi connectivity index (χ0v) is 18.4. The number of hydrogen-bond donors (Lipinski definition) is 1. The molecule has 2 aromatic carbocycles. The van der Waals surface area contributed by atoms with E-state index < -0.39 is 5.60 Å².